The van der Waals surface area contributed by atoms with Crippen molar-refractivity contribution in [2.45, 2.75) is 26.8 Å². The molecule has 1 nitrogen and oxygen atoms in total. The Morgan fingerprint density at radius 3 is 2.33 bits per heavy atom. The number of benzene rings is 1. The van der Waals surface area contributed by atoms with Crippen molar-refractivity contribution in [2.24, 2.45) is 5.92 Å². The molecule has 1 N–H and O–H groups in total. The van der Waals surface area contributed by atoms with E-state index in [1.165, 1.54) is 11.1 Å². The average Bonchev–Trinajstić information content (AvgIpc) is 2.20. The van der Waals surface area contributed by atoms with Crippen molar-refractivity contribution in [3.05, 3.63) is 35.4 Å². The molecule has 1 rings (SSSR count). The Morgan fingerprint density at radius 1 is 1.20 bits per heavy atom. The van der Waals surface area contributed by atoms with Gasteiger partial charge >= 0.3 is 0 Å². The van der Waals surface area contributed by atoms with Crippen LogP contribution in [0.25, 0.3) is 0 Å². The minimum Gasteiger partial charge on any atom is -0.302 e. The van der Waals surface area contributed by atoms with Gasteiger partial charge < -0.3 is 5.32 Å². The number of terminal acetylenes is 1. The summed E-state index contributed by atoms with van der Waals surface area (Å²) < 4.78 is 0. The van der Waals surface area contributed by atoms with Gasteiger partial charge in [0.15, 0.2) is 0 Å². The topological polar surface area (TPSA) is 12.0 Å². The maximum atomic E-state index is 5.16. The Morgan fingerprint density at radius 2 is 1.80 bits per heavy atom. The largest absolute Gasteiger partial charge is 0.302 e. The SMILES string of the molecule is C#CCNCc1ccc(CC(C)C)cc1. The fraction of sp³-hybridized carbons (Fsp3) is 0.429. The van der Waals surface area contributed by atoms with Crippen LogP contribution in [0.1, 0.15) is 25.0 Å². The van der Waals surface area contributed by atoms with E-state index in [4.69, 9.17) is 6.42 Å². The fourth-order valence-electron chi connectivity index (χ4n) is 1.54. The number of nitrogens with one attached hydrogen (secondary N) is 1. The van der Waals surface area contributed by atoms with Crippen LogP contribution in [0.3, 0.4) is 0 Å². The summed E-state index contributed by atoms with van der Waals surface area (Å²) in [6.07, 6.45) is 6.31. The molecule has 0 spiro atoms. The van der Waals surface area contributed by atoms with Gasteiger partial charge in [-0.05, 0) is 23.5 Å². The lowest BCUT2D eigenvalue weighted by atomic mass is 10.0. The third-order valence-corrected chi connectivity index (χ3v) is 2.22. The molecular formula is C14H19N. The van der Waals surface area contributed by atoms with Crippen LogP contribution >= 0.6 is 0 Å². The summed E-state index contributed by atoms with van der Waals surface area (Å²) in [6.45, 7) is 5.96. The summed E-state index contributed by atoms with van der Waals surface area (Å²) in [6, 6.07) is 8.74. The molecule has 0 unspecified atom stereocenters. The molecule has 0 aromatic heterocycles. The first kappa shape index (κ1) is 11.8. The molecule has 0 aliphatic heterocycles. The van der Waals surface area contributed by atoms with E-state index in [0.29, 0.717) is 6.54 Å². The van der Waals surface area contributed by atoms with Crippen LogP contribution in [0.15, 0.2) is 24.3 Å². The van der Waals surface area contributed by atoms with E-state index in [-0.39, 0.29) is 0 Å². The van der Waals surface area contributed by atoms with Gasteiger partial charge in [-0.15, -0.1) is 6.42 Å². The third-order valence-electron chi connectivity index (χ3n) is 2.22. The monoisotopic (exact) mass is 201 g/mol. The third kappa shape index (κ3) is 4.67. The van der Waals surface area contributed by atoms with Gasteiger partial charge in [0.05, 0.1) is 6.54 Å². The predicted octanol–water partition coefficient (Wildman–Crippen LogP) is 2.61. The van der Waals surface area contributed by atoms with Gasteiger partial charge in [0.25, 0.3) is 0 Å². The maximum Gasteiger partial charge on any atom is 0.0576 e. The standard InChI is InChI=1S/C14H19N/c1-4-9-15-11-14-7-5-13(6-8-14)10-12(2)3/h1,5-8,12,15H,9-11H2,2-3H3. The summed E-state index contributed by atoms with van der Waals surface area (Å²) in [5, 5.41) is 3.18. The quantitative estimate of drug-likeness (QED) is 0.570. The van der Waals surface area contributed by atoms with Crippen molar-refractivity contribution < 1.29 is 0 Å². The molecule has 0 aliphatic rings. The van der Waals surface area contributed by atoms with Crippen LogP contribution in [0.4, 0.5) is 0 Å². The maximum absolute atomic E-state index is 5.16. The molecule has 1 heteroatoms. The van der Waals surface area contributed by atoms with Gasteiger partial charge in [0, 0.05) is 6.54 Å². The smallest absolute Gasteiger partial charge is 0.0576 e. The van der Waals surface area contributed by atoms with Crippen LogP contribution in [0.2, 0.25) is 0 Å². The van der Waals surface area contributed by atoms with Crippen LogP contribution in [0, 0.1) is 18.3 Å². The first-order chi connectivity index (χ1) is 7.22. The second-order valence-electron chi connectivity index (χ2n) is 4.22. The lowest BCUT2D eigenvalue weighted by Gasteiger charge is -2.06. The van der Waals surface area contributed by atoms with E-state index in [2.05, 4.69) is 49.4 Å². The average molecular weight is 201 g/mol. The van der Waals surface area contributed by atoms with E-state index in [0.717, 1.165) is 18.9 Å². The summed E-state index contributed by atoms with van der Waals surface area (Å²) in [5.74, 6) is 3.28. The number of hydrogen-bond acceptors (Lipinski definition) is 1. The van der Waals surface area contributed by atoms with Crippen molar-refractivity contribution in [3.63, 3.8) is 0 Å². The Bertz CT molecular complexity index is 316. The molecule has 1 aromatic rings. The summed E-state index contributed by atoms with van der Waals surface area (Å²) in [7, 11) is 0. The molecule has 1 aromatic carbocycles. The van der Waals surface area contributed by atoms with Crippen molar-refractivity contribution in [1.82, 2.24) is 5.32 Å². The summed E-state index contributed by atoms with van der Waals surface area (Å²) >= 11 is 0. The highest BCUT2D eigenvalue weighted by Crippen LogP contribution is 2.09. The fourth-order valence-corrected chi connectivity index (χ4v) is 1.54. The highest BCUT2D eigenvalue weighted by atomic mass is 14.8. The minimum absolute atomic E-state index is 0.633. The minimum atomic E-state index is 0.633. The molecule has 0 bridgehead atoms. The Labute approximate surface area is 92.9 Å². The lowest BCUT2D eigenvalue weighted by molar-refractivity contribution is 0.647. The van der Waals surface area contributed by atoms with E-state index < -0.39 is 0 Å². The second kappa shape index (κ2) is 6.27. The number of hydrogen-bond donors (Lipinski definition) is 1. The van der Waals surface area contributed by atoms with Crippen molar-refractivity contribution in [2.75, 3.05) is 6.54 Å². The zero-order valence-electron chi connectivity index (χ0n) is 9.59. The molecule has 0 radical (unpaired) electrons. The highest BCUT2D eigenvalue weighted by Gasteiger charge is 1.97. The zero-order valence-corrected chi connectivity index (χ0v) is 9.59. The van der Waals surface area contributed by atoms with Gasteiger partial charge in [-0.1, -0.05) is 44.0 Å². The van der Waals surface area contributed by atoms with Crippen molar-refractivity contribution in [1.29, 1.82) is 0 Å². The Hall–Kier alpha value is -1.26. The number of rotatable bonds is 5. The predicted molar refractivity (Wildman–Crippen MR) is 65.5 cm³/mol. The zero-order chi connectivity index (χ0) is 11.1. The summed E-state index contributed by atoms with van der Waals surface area (Å²) in [4.78, 5) is 0. The molecule has 0 aliphatic carbocycles. The molecule has 15 heavy (non-hydrogen) atoms. The molecule has 0 heterocycles. The molecule has 0 atom stereocenters. The van der Waals surface area contributed by atoms with Crippen LogP contribution in [0.5, 0.6) is 0 Å². The van der Waals surface area contributed by atoms with Gasteiger partial charge in [0.2, 0.25) is 0 Å². The molecule has 0 saturated carbocycles. The highest BCUT2D eigenvalue weighted by molar-refractivity contribution is 5.22. The van der Waals surface area contributed by atoms with E-state index in [1.54, 1.807) is 0 Å². The normalized spacial score (nSPS) is 10.3. The first-order valence-corrected chi connectivity index (χ1v) is 5.44. The van der Waals surface area contributed by atoms with Gasteiger partial charge in [-0.2, -0.15) is 0 Å². The van der Waals surface area contributed by atoms with E-state index in [1.807, 2.05) is 0 Å². The molecule has 0 saturated heterocycles. The van der Waals surface area contributed by atoms with Gasteiger partial charge in [0.1, 0.15) is 0 Å². The molecule has 0 amide bonds. The van der Waals surface area contributed by atoms with Gasteiger partial charge in [-0.3, -0.25) is 0 Å². The lowest BCUT2D eigenvalue weighted by Crippen LogP contribution is -2.12. The van der Waals surface area contributed by atoms with Crippen molar-refractivity contribution in [3.8, 4) is 12.3 Å². The van der Waals surface area contributed by atoms with Crippen molar-refractivity contribution >= 4 is 0 Å². The summed E-state index contributed by atoms with van der Waals surface area (Å²) in [5.41, 5.74) is 2.70. The second-order valence-corrected chi connectivity index (χ2v) is 4.22. The van der Waals surface area contributed by atoms with Gasteiger partial charge in [-0.25, -0.2) is 0 Å². The van der Waals surface area contributed by atoms with Crippen LogP contribution in [-0.4, -0.2) is 6.54 Å². The Balaban J connectivity index is 2.46. The van der Waals surface area contributed by atoms with Crippen LogP contribution in [-0.2, 0) is 13.0 Å². The van der Waals surface area contributed by atoms with Crippen LogP contribution < -0.4 is 5.32 Å². The van der Waals surface area contributed by atoms with E-state index >= 15 is 0 Å². The molecule has 80 valence electrons. The molecule has 0 fully saturated rings. The first-order valence-electron chi connectivity index (χ1n) is 5.44. The Kier molecular flexibility index (Phi) is 4.93. The van der Waals surface area contributed by atoms with E-state index in [9.17, 15) is 0 Å². The molecular weight excluding hydrogens is 182 g/mol.